The Labute approximate surface area is 100 Å². The number of nitrogens with one attached hydrogen (secondary N) is 1. The van der Waals surface area contributed by atoms with E-state index in [-0.39, 0.29) is 11.9 Å². The average molecular weight is 238 g/mol. The first-order chi connectivity index (χ1) is 7.72. The van der Waals surface area contributed by atoms with Gasteiger partial charge in [0.1, 0.15) is 0 Å². The maximum Gasteiger partial charge on any atom is 0.239 e. The van der Waals surface area contributed by atoms with E-state index in [9.17, 15) is 4.79 Å². The van der Waals surface area contributed by atoms with Gasteiger partial charge in [-0.3, -0.25) is 4.79 Å². The number of carbonyl (C=O) groups excluding carboxylic acids is 1. The zero-order chi connectivity index (χ0) is 11.5. The predicted molar refractivity (Wildman–Crippen MR) is 66.6 cm³/mol. The van der Waals surface area contributed by atoms with E-state index in [1.165, 1.54) is 10.4 Å². The zero-order valence-corrected chi connectivity index (χ0v) is 10.6. The number of rotatable bonds is 4. The first-order valence-electron chi connectivity index (χ1n) is 5.76. The summed E-state index contributed by atoms with van der Waals surface area (Å²) in [5.74, 6) is 0.231. The van der Waals surface area contributed by atoms with Gasteiger partial charge in [-0.25, -0.2) is 0 Å². The molecular formula is C12H18N2OS. The van der Waals surface area contributed by atoms with Crippen LogP contribution >= 0.6 is 11.3 Å². The lowest BCUT2D eigenvalue weighted by atomic mass is 10.2. The van der Waals surface area contributed by atoms with Crippen LogP contribution in [0.3, 0.4) is 0 Å². The summed E-state index contributed by atoms with van der Waals surface area (Å²) in [5, 5.41) is 5.48. The maximum atomic E-state index is 11.7. The van der Waals surface area contributed by atoms with Gasteiger partial charge in [-0.15, -0.1) is 11.3 Å². The van der Waals surface area contributed by atoms with Gasteiger partial charge in [-0.2, -0.15) is 0 Å². The topological polar surface area (TPSA) is 32.3 Å². The van der Waals surface area contributed by atoms with E-state index in [0.29, 0.717) is 0 Å². The Morgan fingerprint density at radius 2 is 2.44 bits per heavy atom. The molecule has 1 saturated heterocycles. The second kappa shape index (κ2) is 4.97. The first-order valence-corrected chi connectivity index (χ1v) is 6.64. The molecule has 2 heterocycles. The minimum absolute atomic E-state index is 0.0248. The number of nitrogens with zero attached hydrogens (tertiary/aromatic N) is 1. The minimum atomic E-state index is 0.0248. The Hall–Kier alpha value is -0.870. The maximum absolute atomic E-state index is 11.7. The summed E-state index contributed by atoms with van der Waals surface area (Å²) in [5.41, 5.74) is 1.40. The van der Waals surface area contributed by atoms with Crippen molar-refractivity contribution < 1.29 is 4.79 Å². The summed E-state index contributed by atoms with van der Waals surface area (Å²) in [4.78, 5) is 14.9. The highest BCUT2D eigenvalue weighted by molar-refractivity contribution is 7.10. The van der Waals surface area contributed by atoms with Crippen molar-refractivity contribution in [1.29, 1.82) is 0 Å². The normalized spacial score (nSPS) is 20.8. The van der Waals surface area contributed by atoms with Crippen molar-refractivity contribution in [1.82, 2.24) is 10.2 Å². The molecule has 1 aliphatic heterocycles. The average Bonchev–Trinajstić information content (AvgIpc) is 2.86. The molecule has 2 rings (SSSR count). The van der Waals surface area contributed by atoms with E-state index in [1.54, 1.807) is 16.2 Å². The van der Waals surface area contributed by atoms with Gasteiger partial charge in [-0.05, 0) is 29.9 Å². The predicted octanol–water partition coefficient (Wildman–Crippen LogP) is 1.63. The lowest BCUT2D eigenvalue weighted by Gasteiger charge is -2.12. The van der Waals surface area contributed by atoms with Gasteiger partial charge < -0.3 is 10.2 Å². The van der Waals surface area contributed by atoms with E-state index in [0.717, 1.165) is 25.9 Å². The monoisotopic (exact) mass is 238 g/mol. The molecule has 0 aliphatic carbocycles. The van der Waals surface area contributed by atoms with E-state index in [4.69, 9.17) is 0 Å². The van der Waals surface area contributed by atoms with Crippen molar-refractivity contribution in [3.63, 3.8) is 0 Å². The van der Waals surface area contributed by atoms with Crippen LogP contribution in [0.25, 0.3) is 0 Å². The molecule has 3 nitrogen and oxygen atoms in total. The Morgan fingerprint density at radius 3 is 3.06 bits per heavy atom. The Kier molecular flexibility index (Phi) is 3.61. The molecule has 88 valence electrons. The number of likely N-dealkylation sites (N-methyl/N-ethyl adjacent to an activating group) is 1. The van der Waals surface area contributed by atoms with Crippen molar-refractivity contribution in [2.24, 2.45) is 0 Å². The van der Waals surface area contributed by atoms with Crippen LogP contribution in [0.2, 0.25) is 0 Å². The summed E-state index contributed by atoms with van der Waals surface area (Å²) in [7, 11) is 1.87. The molecule has 1 atom stereocenters. The van der Waals surface area contributed by atoms with E-state index in [2.05, 4.69) is 23.7 Å². The SMILES string of the molecule is CCc1ccsc1CNC1CCN(C)C1=O. The zero-order valence-electron chi connectivity index (χ0n) is 9.82. The number of likely N-dealkylation sites (tertiary alicyclic amines) is 1. The molecule has 16 heavy (non-hydrogen) atoms. The second-order valence-corrected chi connectivity index (χ2v) is 5.21. The van der Waals surface area contributed by atoms with Gasteiger partial charge in [0, 0.05) is 25.0 Å². The quantitative estimate of drug-likeness (QED) is 0.864. The van der Waals surface area contributed by atoms with E-state index in [1.807, 2.05) is 7.05 Å². The minimum Gasteiger partial charge on any atom is -0.344 e. The first kappa shape index (κ1) is 11.6. The van der Waals surface area contributed by atoms with Crippen LogP contribution in [-0.4, -0.2) is 30.4 Å². The van der Waals surface area contributed by atoms with Crippen molar-refractivity contribution in [3.05, 3.63) is 21.9 Å². The summed E-state index contributed by atoms with van der Waals surface area (Å²) in [6, 6.07) is 2.20. The largest absolute Gasteiger partial charge is 0.344 e. The van der Waals surface area contributed by atoms with E-state index >= 15 is 0 Å². The highest BCUT2D eigenvalue weighted by Crippen LogP contribution is 2.18. The molecule has 0 radical (unpaired) electrons. The molecule has 1 unspecified atom stereocenters. The van der Waals surface area contributed by atoms with Crippen molar-refractivity contribution in [2.45, 2.75) is 32.4 Å². The highest BCUT2D eigenvalue weighted by Gasteiger charge is 2.28. The van der Waals surface area contributed by atoms with E-state index < -0.39 is 0 Å². The Morgan fingerprint density at radius 1 is 1.62 bits per heavy atom. The van der Waals surface area contributed by atoms with Crippen molar-refractivity contribution >= 4 is 17.2 Å². The standard InChI is InChI=1S/C12H18N2OS/c1-3-9-5-7-16-11(9)8-13-10-4-6-14(2)12(10)15/h5,7,10,13H,3-4,6,8H2,1-2H3. The van der Waals surface area contributed by atoms with Crippen LogP contribution in [0.15, 0.2) is 11.4 Å². The fourth-order valence-electron chi connectivity index (χ4n) is 2.06. The summed E-state index contributed by atoms with van der Waals surface area (Å²) < 4.78 is 0. The van der Waals surface area contributed by atoms with Crippen LogP contribution in [-0.2, 0) is 17.8 Å². The Bertz CT molecular complexity index is 375. The van der Waals surface area contributed by atoms with Crippen LogP contribution in [0.4, 0.5) is 0 Å². The molecule has 1 aromatic rings. The molecule has 0 bridgehead atoms. The second-order valence-electron chi connectivity index (χ2n) is 4.20. The third-order valence-electron chi connectivity index (χ3n) is 3.16. The molecule has 1 aliphatic rings. The number of carbonyl (C=O) groups is 1. The summed E-state index contributed by atoms with van der Waals surface area (Å²) in [6.07, 6.45) is 2.00. The number of hydrogen-bond acceptors (Lipinski definition) is 3. The van der Waals surface area contributed by atoms with Crippen LogP contribution < -0.4 is 5.32 Å². The van der Waals surface area contributed by atoms with Gasteiger partial charge in [0.05, 0.1) is 6.04 Å². The van der Waals surface area contributed by atoms with Crippen molar-refractivity contribution in [3.8, 4) is 0 Å². The summed E-state index contributed by atoms with van der Waals surface area (Å²) >= 11 is 1.77. The van der Waals surface area contributed by atoms with Gasteiger partial charge in [0.25, 0.3) is 0 Å². The van der Waals surface area contributed by atoms with Gasteiger partial charge in [0.2, 0.25) is 5.91 Å². The number of aryl methyl sites for hydroxylation is 1. The number of hydrogen-bond donors (Lipinski definition) is 1. The molecule has 4 heteroatoms. The third kappa shape index (κ3) is 2.28. The molecule has 1 aromatic heterocycles. The van der Waals surface area contributed by atoms with Crippen molar-refractivity contribution in [2.75, 3.05) is 13.6 Å². The molecule has 1 amide bonds. The molecule has 0 aromatic carbocycles. The molecule has 1 fully saturated rings. The molecular weight excluding hydrogens is 220 g/mol. The van der Waals surface area contributed by atoms with Crippen LogP contribution in [0.5, 0.6) is 0 Å². The highest BCUT2D eigenvalue weighted by atomic mass is 32.1. The molecule has 1 N–H and O–H groups in total. The van der Waals surface area contributed by atoms with Gasteiger partial charge in [0.15, 0.2) is 0 Å². The summed E-state index contributed by atoms with van der Waals surface area (Å²) in [6.45, 7) is 3.87. The van der Waals surface area contributed by atoms with Crippen LogP contribution in [0.1, 0.15) is 23.8 Å². The Balaban J connectivity index is 1.90. The van der Waals surface area contributed by atoms with Gasteiger partial charge in [-0.1, -0.05) is 6.92 Å². The third-order valence-corrected chi connectivity index (χ3v) is 4.12. The molecule has 0 spiro atoms. The lowest BCUT2D eigenvalue weighted by Crippen LogP contribution is -2.36. The van der Waals surface area contributed by atoms with Gasteiger partial charge >= 0.3 is 0 Å². The fourth-order valence-corrected chi connectivity index (χ4v) is 2.99. The number of amides is 1. The number of thiophene rings is 1. The lowest BCUT2D eigenvalue weighted by molar-refractivity contribution is -0.128. The fraction of sp³-hybridized carbons (Fsp3) is 0.583. The molecule has 0 saturated carbocycles. The smallest absolute Gasteiger partial charge is 0.239 e. The van der Waals surface area contributed by atoms with Crippen LogP contribution in [0, 0.1) is 0 Å².